The fourth-order valence-electron chi connectivity index (χ4n) is 2.76. The van der Waals surface area contributed by atoms with E-state index in [4.69, 9.17) is 4.74 Å². The van der Waals surface area contributed by atoms with Crippen LogP contribution < -0.4 is 4.74 Å². The maximum Gasteiger partial charge on any atom is 0.288 e. The van der Waals surface area contributed by atoms with E-state index in [2.05, 4.69) is 15.0 Å². The summed E-state index contributed by atoms with van der Waals surface area (Å²) >= 11 is 0. The van der Waals surface area contributed by atoms with Crippen LogP contribution in [0.15, 0.2) is 24.5 Å². The maximum absolute atomic E-state index is 11.0. The SMILES string of the molecule is Cn1nccc1-c1cc([N+](=O)[O-])cnc1OCCN1CCCC1. The molecule has 3 heterocycles. The van der Waals surface area contributed by atoms with Crippen LogP contribution in [0.2, 0.25) is 0 Å². The Morgan fingerprint density at radius 1 is 1.39 bits per heavy atom. The van der Waals surface area contributed by atoms with Crippen molar-refractivity contribution in [2.75, 3.05) is 26.2 Å². The molecule has 0 N–H and O–H groups in total. The van der Waals surface area contributed by atoms with Crippen molar-refractivity contribution in [1.82, 2.24) is 19.7 Å². The summed E-state index contributed by atoms with van der Waals surface area (Å²) in [4.78, 5) is 17.0. The van der Waals surface area contributed by atoms with E-state index in [0.29, 0.717) is 18.1 Å². The number of hydrogen-bond donors (Lipinski definition) is 0. The molecule has 1 aliphatic heterocycles. The maximum atomic E-state index is 11.0. The topological polar surface area (TPSA) is 86.3 Å². The van der Waals surface area contributed by atoms with Crippen molar-refractivity contribution in [2.24, 2.45) is 7.05 Å². The van der Waals surface area contributed by atoms with Crippen molar-refractivity contribution in [2.45, 2.75) is 12.8 Å². The highest BCUT2D eigenvalue weighted by molar-refractivity contribution is 5.67. The van der Waals surface area contributed by atoms with Crippen molar-refractivity contribution >= 4 is 5.69 Å². The molecule has 0 radical (unpaired) electrons. The van der Waals surface area contributed by atoms with Crippen LogP contribution in [0.5, 0.6) is 5.88 Å². The first-order valence-electron chi connectivity index (χ1n) is 7.63. The normalized spacial score (nSPS) is 15.0. The Morgan fingerprint density at radius 2 is 2.17 bits per heavy atom. The first-order valence-corrected chi connectivity index (χ1v) is 7.63. The van der Waals surface area contributed by atoms with Crippen LogP contribution in [0, 0.1) is 10.1 Å². The smallest absolute Gasteiger partial charge is 0.288 e. The van der Waals surface area contributed by atoms with Gasteiger partial charge >= 0.3 is 0 Å². The molecule has 0 unspecified atom stereocenters. The minimum Gasteiger partial charge on any atom is -0.476 e. The molecule has 8 heteroatoms. The van der Waals surface area contributed by atoms with Crippen molar-refractivity contribution in [3.05, 3.63) is 34.6 Å². The highest BCUT2D eigenvalue weighted by atomic mass is 16.6. The van der Waals surface area contributed by atoms with Gasteiger partial charge in [-0.05, 0) is 32.0 Å². The molecule has 1 aliphatic rings. The zero-order chi connectivity index (χ0) is 16.2. The summed E-state index contributed by atoms with van der Waals surface area (Å²) in [6.45, 7) is 3.55. The predicted molar refractivity (Wildman–Crippen MR) is 84.3 cm³/mol. The lowest BCUT2D eigenvalue weighted by molar-refractivity contribution is -0.385. The molecule has 1 saturated heterocycles. The van der Waals surface area contributed by atoms with Crippen molar-refractivity contribution < 1.29 is 9.66 Å². The molecule has 0 atom stereocenters. The number of hydrogen-bond acceptors (Lipinski definition) is 6. The Hall–Kier alpha value is -2.48. The summed E-state index contributed by atoms with van der Waals surface area (Å²) in [7, 11) is 1.78. The monoisotopic (exact) mass is 317 g/mol. The highest BCUT2D eigenvalue weighted by Gasteiger charge is 2.18. The van der Waals surface area contributed by atoms with Crippen molar-refractivity contribution in [1.29, 1.82) is 0 Å². The van der Waals surface area contributed by atoms with Gasteiger partial charge in [0, 0.05) is 25.9 Å². The van der Waals surface area contributed by atoms with Gasteiger partial charge in [-0.2, -0.15) is 5.10 Å². The Morgan fingerprint density at radius 3 is 2.83 bits per heavy atom. The van der Waals surface area contributed by atoms with Crippen LogP contribution in [0.3, 0.4) is 0 Å². The highest BCUT2D eigenvalue weighted by Crippen LogP contribution is 2.30. The van der Waals surface area contributed by atoms with Gasteiger partial charge in [0.05, 0.1) is 16.2 Å². The van der Waals surface area contributed by atoms with Gasteiger partial charge in [-0.25, -0.2) is 4.98 Å². The third-order valence-corrected chi connectivity index (χ3v) is 3.99. The largest absolute Gasteiger partial charge is 0.476 e. The summed E-state index contributed by atoms with van der Waals surface area (Å²) in [6.07, 6.45) is 5.33. The number of aryl methyl sites for hydroxylation is 1. The summed E-state index contributed by atoms with van der Waals surface area (Å²) in [5.41, 5.74) is 1.26. The molecule has 23 heavy (non-hydrogen) atoms. The average molecular weight is 317 g/mol. The van der Waals surface area contributed by atoms with Crippen LogP contribution in [-0.4, -0.2) is 50.8 Å². The standard InChI is InChI=1S/C15H19N5O3/c1-18-14(4-5-17-18)13-10-12(20(21)22)11-16-15(13)23-9-8-19-6-2-3-7-19/h4-5,10-11H,2-3,6-9H2,1H3. The molecule has 2 aromatic rings. The molecule has 0 amide bonds. The third kappa shape index (κ3) is 3.48. The van der Waals surface area contributed by atoms with Crippen LogP contribution in [0.25, 0.3) is 11.3 Å². The van der Waals surface area contributed by atoms with Crippen LogP contribution in [0.1, 0.15) is 12.8 Å². The van der Waals surface area contributed by atoms with Gasteiger partial charge < -0.3 is 4.74 Å². The van der Waals surface area contributed by atoms with Gasteiger partial charge in [0.2, 0.25) is 5.88 Å². The molecule has 0 bridgehead atoms. The second kappa shape index (κ2) is 6.74. The van der Waals surface area contributed by atoms with E-state index < -0.39 is 4.92 Å². The summed E-state index contributed by atoms with van der Waals surface area (Å²) < 4.78 is 7.44. The lowest BCUT2D eigenvalue weighted by Crippen LogP contribution is -2.25. The lowest BCUT2D eigenvalue weighted by atomic mass is 10.2. The quantitative estimate of drug-likeness (QED) is 0.597. The van der Waals surface area contributed by atoms with Gasteiger partial charge in [0.1, 0.15) is 12.8 Å². The summed E-state index contributed by atoms with van der Waals surface area (Å²) in [5, 5.41) is 15.1. The molecule has 122 valence electrons. The summed E-state index contributed by atoms with van der Waals surface area (Å²) in [5.74, 6) is 0.401. The number of nitro groups is 1. The molecule has 0 aliphatic carbocycles. The Labute approximate surface area is 133 Å². The average Bonchev–Trinajstić information content (AvgIpc) is 3.19. The zero-order valence-electron chi connectivity index (χ0n) is 13.0. The fraction of sp³-hybridized carbons (Fsp3) is 0.467. The zero-order valence-corrected chi connectivity index (χ0v) is 13.0. The van der Waals surface area contributed by atoms with Crippen LogP contribution >= 0.6 is 0 Å². The second-order valence-electron chi connectivity index (χ2n) is 5.54. The van der Waals surface area contributed by atoms with E-state index >= 15 is 0 Å². The number of rotatable bonds is 6. The summed E-state index contributed by atoms with van der Waals surface area (Å²) in [6, 6.07) is 3.27. The Kier molecular flexibility index (Phi) is 4.52. The molecular formula is C15H19N5O3. The Balaban J connectivity index is 1.80. The number of ether oxygens (including phenoxy) is 1. The first-order chi connectivity index (χ1) is 11.1. The van der Waals surface area contributed by atoms with E-state index in [-0.39, 0.29) is 5.69 Å². The van der Waals surface area contributed by atoms with E-state index in [9.17, 15) is 10.1 Å². The van der Waals surface area contributed by atoms with E-state index in [0.717, 1.165) is 25.3 Å². The molecule has 8 nitrogen and oxygen atoms in total. The predicted octanol–water partition coefficient (Wildman–Crippen LogP) is 1.86. The lowest BCUT2D eigenvalue weighted by Gasteiger charge is -2.15. The Bertz CT molecular complexity index is 694. The number of nitrogens with zero attached hydrogens (tertiary/aromatic N) is 5. The van der Waals surface area contributed by atoms with Crippen molar-refractivity contribution in [3.63, 3.8) is 0 Å². The van der Waals surface area contributed by atoms with Crippen LogP contribution in [0.4, 0.5) is 5.69 Å². The number of pyridine rings is 1. The van der Waals surface area contributed by atoms with Gasteiger partial charge in [0.25, 0.3) is 5.69 Å². The molecule has 0 aromatic carbocycles. The van der Waals surface area contributed by atoms with Crippen LogP contribution in [-0.2, 0) is 7.05 Å². The molecule has 0 saturated carbocycles. The molecule has 3 rings (SSSR count). The molecule has 1 fully saturated rings. The van der Waals surface area contributed by atoms with E-state index in [1.807, 2.05) is 0 Å². The van der Waals surface area contributed by atoms with Crippen molar-refractivity contribution in [3.8, 4) is 17.1 Å². The molecular weight excluding hydrogens is 298 g/mol. The van der Waals surface area contributed by atoms with E-state index in [1.165, 1.54) is 25.1 Å². The second-order valence-corrected chi connectivity index (χ2v) is 5.54. The van der Waals surface area contributed by atoms with Gasteiger partial charge in [-0.1, -0.05) is 0 Å². The fourth-order valence-corrected chi connectivity index (χ4v) is 2.76. The van der Waals surface area contributed by atoms with Gasteiger partial charge in [-0.15, -0.1) is 0 Å². The molecule has 0 spiro atoms. The third-order valence-electron chi connectivity index (χ3n) is 3.99. The minimum absolute atomic E-state index is 0.0620. The van der Waals surface area contributed by atoms with Gasteiger partial charge in [0.15, 0.2) is 0 Å². The van der Waals surface area contributed by atoms with Gasteiger partial charge in [-0.3, -0.25) is 19.7 Å². The minimum atomic E-state index is -0.457. The first kappa shape index (κ1) is 15.4. The number of aromatic nitrogens is 3. The van der Waals surface area contributed by atoms with E-state index in [1.54, 1.807) is 24.0 Å². The number of likely N-dealkylation sites (tertiary alicyclic amines) is 1. The molecule has 2 aromatic heterocycles.